The lowest BCUT2D eigenvalue weighted by Gasteiger charge is -2.25. The van der Waals surface area contributed by atoms with Gasteiger partial charge >= 0.3 is 0 Å². The highest BCUT2D eigenvalue weighted by Crippen LogP contribution is 2.07. The Labute approximate surface area is 131 Å². The summed E-state index contributed by atoms with van der Waals surface area (Å²) < 4.78 is 23.8. The largest absolute Gasteiger partial charge is 0.356 e. The van der Waals surface area contributed by atoms with Crippen LogP contribution in [0.2, 0.25) is 0 Å². The molecule has 1 aromatic carbocycles. The highest BCUT2D eigenvalue weighted by molar-refractivity contribution is 7.90. The predicted molar refractivity (Wildman–Crippen MR) is 85.2 cm³/mol. The lowest BCUT2D eigenvalue weighted by Crippen LogP contribution is -2.50. The molecular formula is C14H21ClN2O3S. The van der Waals surface area contributed by atoms with Crippen LogP contribution < -0.4 is 10.6 Å². The number of nitrogens with one attached hydrogen (secondary N) is 2. The van der Waals surface area contributed by atoms with E-state index < -0.39 is 9.84 Å². The van der Waals surface area contributed by atoms with Gasteiger partial charge in [-0.05, 0) is 12.0 Å². The molecule has 118 valence electrons. The molecule has 0 radical (unpaired) electrons. The van der Waals surface area contributed by atoms with Crippen molar-refractivity contribution in [3.05, 3.63) is 35.9 Å². The van der Waals surface area contributed by atoms with E-state index in [-0.39, 0.29) is 35.7 Å². The molecule has 1 aliphatic heterocycles. The number of benzene rings is 1. The second kappa shape index (κ2) is 8.36. The van der Waals surface area contributed by atoms with Gasteiger partial charge in [-0.25, -0.2) is 8.42 Å². The van der Waals surface area contributed by atoms with Crippen LogP contribution in [-0.2, 0) is 20.4 Å². The zero-order chi connectivity index (χ0) is 14.4. The van der Waals surface area contributed by atoms with Crippen molar-refractivity contribution in [3.63, 3.8) is 0 Å². The number of hydrogen-bond donors (Lipinski definition) is 2. The Balaban J connectivity index is 0.00000220. The number of rotatable bonds is 7. The standard InChI is InChI=1S/C14H20N2O3S.ClH/c17-14(13-9-15-10-13)16-7-4-8-20(18,19)11-12-5-2-1-3-6-12;/h1-3,5-6,13,15H,4,7-11H2,(H,16,17);1H. The third-order valence-corrected chi connectivity index (χ3v) is 5.00. The van der Waals surface area contributed by atoms with Crippen LogP contribution in [0, 0.1) is 5.92 Å². The molecule has 1 heterocycles. The Kier molecular flexibility index (Phi) is 7.14. The minimum atomic E-state index is -3.11. The normalized spacial score (nSPS) is 14.9. The number of carbonyl (C=O) groups is 1. The monoisotopic (exact) mass is 332 g/mol. The molecule has 1 saturated heterocycles. The summed E-state index contributed by atoms with van der Waals surface area (Å²) in [6.07, 6.45) is 0.459. The molecule has 21 heavy (non-hydrogen) atoms. The van der Waals surface area contributed by atoms with Crippen molar-refractivity contribution in [2.75, 3.05) is 25.4 Å². The molecule has 1 aliphatic rings. The molecule has 0 bridgehead atoms. The zero-order valence-corrected chi connectivity index (χ0v) is 13.4. The van der Waals surface area contributed by atoms with Crippen LogP contribution in [-0.4, -0.2) is 39.7 Å². The molecule has 1 aromatic rings. The average Bonchev–Trinajstić information content (AvgIpc) is 2.33. The first-order chi connectivity index (χ1) is 9.57. The fourth-order valence-corrected chi connectivity index (χ4v) is 3.45. The van der Waals surface area contributed by atoms with E-state index in [1.54, 1.807) is 0 Å². The molecule has 0 aliphatic carbocycles. The molecule has 1 amide bonds. The first kappa shape index (κ1) is 17.9. The number of halogens is 1. The van der Waals surface area contributed by atoms with Gasteiger partial charge in [0.1, 0.15) is 0 Å². The summed E-state index contributed by atoms with van der Waals surface area (Å²) in [5.41, 5.74) is 0.803. The summed E-state index contributed by atoms with van der Waals surface area (Å²) in [6, 6.07) is 9.14. The van der Waals surface area contributed by atoms with Gasteiger partial charge < -0.3 is 10.6 Å². The van der Waals surface area contributed by atoms with E-state index in [1.807, 2.05) is 30.3 Å². The minimum Gasteiger partial charge on any atom is -0.356 e. The number of hydrogen-bond acceptors (Lipinski definition) is 4. The van der Waals surface area contributed by atoms with Crippen molar-refractivity contribution in [1.82, 2.24) is 10.6 Å². The maximum Gasteiger partial charge on any atom is 0.225 e. The second-order valence-electron chi connectivity index (χ2n) is 5.08. The average molecular weight is 333 g/mol. The quantitative estimate of drug-likeness (QED) is 0.722. The molecule has 0 saturated carbocycles. The highest BCUT2D eigenvalue weighted by atomic mass is 35.5. The Bertz CT molecular complexity index is 545. The zero-order valence-electron chi connectivity index (χ0n) is 11.7. The van der Waals surface area contributed by atoms with Gasteiger partial charge in [-0.3, -0.25) is 4.79 Å². The third-order valence-electron chi connectivity index (χ3n) is 3.31. The summed E-state index contributed by atoms with van der Waals surface area (Å²) in [6.45, 7) is 1.86. The lowest BCUT2D eigenvalue weighted by molar-refractivity contribution is -0.126. The molecule has 0 atom stereocenters. The maximum atomic E-state index is 11.9. The van der Waals surface area contributed by atoms with Gasteiger partial charge in [-0.15, -0.1) is 12.4 Å². The first-order valence-electron chi connectivity index (χ1n) is 6.79. The topological polar surface area (TPSA) is 75.3 Å². The second-order valence-corrected chi connectivity index (χ2v) is 7.26. The fourth-order valence-electron chi connectivity index (χ4n) is 2.02. The van der Waals surface area contributed by atoms with E-state index in [9.17, 15) is 13.2 Å². The SMILES string of the molecule is Cl.O=C(NCCCS(=O)(=O)Cc1ccccc1)C1CNC1. The van der Waals surface area contributed by atoms with E-state index in [1.165, 1.54) is 0 Å². The van der Waals surface area contributed by atoms with Crippen LogP contribution in [0.15, 0.2) is 30.3 Å². The van der Waals surface area contributed by atoms with E-state index in [4.69, 9.17) is 0 Å². The minimum absolute atomic E-state index is 0. The van der Waals surface area contributed by atoms with Gasteiger partial charge in [0.25, 0.3) is 0 Å². The van der Waals surface area contributed by atoms with Crippen LogP contribution in [0.1, 0.15) is 12.0 Å². The highest BCUT2D eigenvalue weighted by Gasteiger charge is 2.24. The van der Waals surface area contributed by atoms with Crippen LogP contribution in [0.5, 0.6) is 0 Å². The summed E-state index contributed by atoms with van der Waals surface area (Å²) in [5, 5.41) is 5.81. The van der Waals surface area contributed by atoms with Crippen LogP contribution in [0.4, 0.5) is 0 Å². The number of carbonyl (C=O) groups excluding carboxylic acids is 1. The summed E-state index contributed by atoms with van der Waals surface area (Å²) in [7, 11) is -3.11. The van der Waals surface area contributed by atoms with Gasteiger partial charge in [0.2, 0.25) is 5.91 Å². The van der Waals surface area contributed by atoms with Crippen molar-refractivity contribution >= 4 is 28.2 Å². The summed E-state index contributed by atoms with van der Waals surface area (Å²) in [4.78, 5) is 11.5. The maximum absolute atomic E-state index is 11.9. The fraction of sp³-hybridized carbons (Fsp3) is 0.500. The van der Waals surface area contributed by atoms with Gasteiger partial charge in [0, 0.05) is 19.6 Å². The first-order valence-corrected chi connectivity index (χ1v) is 8.62. The summed E-state index contributed by atoms with van der Waals surface area (Å²) in [5.74, 6) is 0.236. The van der Waals surface area contributed by atoms with E-state index in [0.29, 0.717) is 13.0 Å². The molecule has 5 nitrogen and oxygen atoms in total. The number of sulfone groups is 1. The Morgan fingerprint density at radius 1 is 1.24 bits per heavy atom. The van der Waals surface area contributed by atoms with Crippen LogP contribution in [0.3, 0.4) is 0 Å². The predicted octanol–water partition coefficient (Wildman–Crippen LogP) is 0.749. The van der Waals surface area contributed by atoms with Crippen molar-refractivity contribution in [2.45, 2.75) is 12.2 Å². The van der Waals surface area contributed by atoms with E-state index >= 15 is 0 Å². The van der Waals surface area contributed by atoms with Gasteiger partial charge in [-0.2, -0.15) is 0 Å². The Morgan fingerprint density at radius 2 is 1.90 bits per heavy atom. The van der Waals surface area contributed by atoms with Gasteiger partial charge in [0.05, 0.1) is 17.4 Å². The molecule has 2 N–H and O–H groups in total. The number of amides is 1. The van der Waals surface area contributed by atoms with Crippen LogP contribution in [0.25, 0.3) is 0 Å². The molecule has 0 unspecified atom stereocenters. The van der Waals surface area contributed by atoms with Crippen molar-refractivity contribution in [3.8, 4) is 0 Å². The molecule has 7 heteroatoms. The van der Waals surface area contributed by atoms with E-state index in [2.05, 4.69) is 10.6 Å². The van der Waals surface area contributed by atoms with Crippen LogP contribution >= 0.6 is 12.4 Å². The van der Waals surface area contributed by atoms with Gasteiger partial charge in [-0.1, -0.05) is 30.3 Å². The Hall–Kier alpha value is -1.11. The van der Waals surface area contributed by atoms with Crippen molar-refractivity contribution in [1.29, 1.82) is 0 Å². The Morgan fingerprint density at radius 3 is 2.48 bits per heavy atom. The molecule has 2 rings (SSSR count). The molecule has 1 fully saturated rings. The van der Waals surface area contributed by atoms with Gasteiger partial charge in [0.15, 0.2) is 9.84 Å². The molecule has 0 aromatic heterocycles. The lowest BCUT2D eigenvalue weighted by atomic mass is 10.0. The van der Waals surface area contributed by atoms with E-state index in [0.717, 1.165) is 18.7 Å². The smallest absolute Gasteiger partial charge is 0.225 e. The van der Waals surface area contributed by atoms with Crippen molar-refractivity contribution < 1.29 is 13.2 Å². The molecular weight excluding hydrogens is 312 g/mol. The summed E-state index contributed by atoms with van der Waals surface area (Å²) >= 11 is 0. The third kappa shape index (κ3) is 6.03. The van der Waals surface area contributed by atoms with Crippen molar-refractivity contribution in [2.24, 2.45) is 5.92 Å². The molecule has 0 spiro atoms.